The van der Waals surface area contributed by atoms with E-state index in [4.69, 9.17) is 9.15 Å². The molecule has 0 unspecified atom stereocenters. The summed E-state index contributed by atoms with van der Waals surface area (Å²) < 4.78 is 11.0. The van der Waals surface area contributed by atoms with Crippen molar-refractivity contribution in [2.75, 3.05) is 19.7 Å². The Hall–Kier alpha value is -3.13. The predicted octanol–water partition coefficient (Wildman–Crippen LogP) is 3.52. The van der Waals surface area contributed by atoms with E-state index in [9.17, 15) is 14.4 Å². The number of ether oxygens (including phenoxy) is 1. The number of amides is 3. The average molecular weight is 482 g/mol. The fraction of sp³-hybridized carbons (Fsp3) is 0.519. The van der Waals surface area contributed by atoms with Crippen molar-refractivity contribution in [2.24, 2.45) is 0 Å². The topological polar surface area (TPSA) is 101 Å². The van der Waals surface area contributed by atoms with Gasteiger partial charge in [0.1, 0.15) is 6.04 Å². The van der Waals surface area contributed by atoms with Gasteiger partial charge in [-0.05, 0) is 50.3 Å². The highest BCUT2D eigenvalue weighted by Gasteiger charge is 2.35. The Labute approximate surface area is 206 Å². The second-order valence-corrected chi connectivity index (χ2v) is 9.50. The van der Waals surface area contributed by atoms with Gasteiger partial charge in [-0.15, -0.1) is 0 Å². The third kappa shape index (κ3) is 6.72. The first kappa shape index (κ1) is 25.0. The van der Waals surface area contributed by atoms with Crippen LogP contribution < -0.4 is 10.6 Å². The van der Waals surface area contributed by atoms with E-state index in [1.54, 1.807) is 11.0 Å². The van der Waals surface area contributed by atoms with Gasteiger partial charge in [-0.2, -0.15) is 0 Å². The lowest BCUT2D eigenvalue weighted by molar-refractivity contribution is -0.142. The van der Waals surface area contributed by atoms with Crippen molar-refractivity contribution in [3.05, 3.63) is 59.5 Å². The van der Waals surface area contributed by atoms with Crippen LogP contribution in [-0.4, -0.2) is 54.5 Å². The monoisotopic (exact) mass is 481 g/mol. The Balaban J connectivity index is 1.57. The lowest BCUT2D eigenvalue weighted by atomic mass is 9.94. The zero-order chi connectivity index (χ0) is 24.6. The van der Waals surface area contributed by atoms with Gasteiger partial charge in [0.2, 0.25) is 11.8 Å². The first-order chi connectivity index (χ1) is 17.0. The molecule has 8 heteroatoms. The third-order valence-electron chi connectivity index (χ3n) is 6.79. The lowest BCUT2D eigenvalue weighted by Crippen LogP contribution is -2.51. The molecule has 1 aromatic heterocycles. The Morgan fingerprint density at radius 1 is 1.03 bits per heavy atom. The van der Waals surface area contributed by atoms with Crippen molar-refractivity contribution in [2.45, 2.75) is 70.1 Å². The highest BCUT2D eigenvalue weighted by molar-refractivity contribution is 5.95. The van der Waals surface area contributed by atoms with E-state index in [0.717, 1.165) is 49.7 Å². The minimum atomic E-state index is -0.810. The van der Waals surface area contributed by atoms with Crippen molar-refractivity contribution >= 4 is 17.7 Å². The van der Waals surface area contributed by atoms with Crippen LogP contribution in [0.4, 0.5) is 0 Å². The molecular formula is C27H35N3O5. The molecular weight excluding hydrogens is 446 g/mol. The van der Waals surface area contributed by atoms with Crippen LogP contribution in [0.1, 0.15) is 72.7 Å². The molecule has 2 atom stereocenters. The molecule has 2 heterocycles. The Kier molecular flexibility index (Phi) is 8.58. The van der Waals surface area contributed by atoms with Crippen molar-refractivity contribution in [3.8, 4) is 0 Å². The summed E-state index contributed by atoms with van der Waals surface area (Å²) in [6.07, 6.45) is 8.29. The molecule has 188 valence electrons. The SMILES string of the molecule is Cc1ccc([C@H](C(=O)NC2CCCCC2)N(C[C@H]2CCCO2)C(=O)CNC(=O)c2ccco2)cc1. The minimum absolute atomic E-state index is 0.113. The molecule has 0 radical (unpaired) electrons. The normalized spacial score (nSPS) is 19.2. The highest BCUT2D eigenvalue weighted by Crippen LogP contribution is 2.26. The van der Waals surface area contributed by atoms with Crippen LogP contribution in [-0.2, 0) is 14.3 Å². The first-order valence-electron chi connectivity index (χ1n) is 12.6. The van der Waals surface area contributed by atoms with Gasteiger partial charge in [-0.3, -0.25) is 14.4 Å². The van der Waals surface area contributed by atoms with Gasteiger partial charge in [-0.1, -0.05) is 49.1 Å². The molecule has 1 aliphatic heterocycles. The largest absolute Gasteiger partial charge is 0.459 e. The van der Waals surface area contributed by atoms with E-state index >= 15 is 0 Å². The van der Waals surface area contributed by atoms with Crippen LogP contribution in [0.2, 0.25) is 0 Å². The van der Waals surface area contributed by atoms with Crippen LogP contribution in [0.5, 0.6) is 0 Å². The number of nitrogens with zero attached hydrogens (tertiary/aromatic N) is 1. The summed E-state index contributed by atoms with van der Waals surface area (Å²) in [7, 11) is 0. The van der Waals surface area contributed by atoms with Gasteiger partial charge in [0.05, 0.1) is 18.9 Å². The second-order valence-electron chi connectivity index (χ2n) is 9.50. The summed E-state index contributed by atoms with van der Waals surface area (Å²) in [6.45, 7) is 2.67. The van der Waals surface area contributed by atoms with Crippen LogP contribution in [0.25, 0.3) is 0 Å². The number of nitrogens with one attached hydrogen (secondary N) is 2. The molecule has 1 saturated heterocycles. The average Bonchev–Trinajstić information content (AvgIpc) is 3.58. The summed E-state index contributed by atoms with van der Waals surface area (Å²) in [6, 6.07) is 10.2. The van der Waals surface area contributed by atoms with E-state index in [0.29, 0.717) is 6.61 Å². The Bertz CT molecular complexity index is 977. The van der Waals surface area contributed by atoms with Gasteiger partial charge in [0.25, 0.3) is 5.91 Å². The molecule has 2 aromatic rings. The van der Waals surface area contributed by atoms with Gasteiger partial charge in [0, 0.05) is 19.2 Å². The fourth-order valence-electron chi connectivity index (χ4n) is 4.86. The number of hydrogen-bond acceptors (Lipinski definition) is 5. The number of furan rings is 1. The fourth-order valence-corrected chi connectivity index (χ4v) is 4.86. The van der Waals surface area contributed by atoms with Crippen LogP contribution in [0.15, 0.2) is 47.1 Å². The van der Waals surface area contributed by atoms with Crippen molar-refractivity contribution in [1.82, 2.24) is 15.5 Å². The van der Waals surface area contributed by atoms with Crippen LogP contribution >= 0.6 is 0 Å². The molecule has 1 aliphatic carbocycles. The molecule has 3 amide bonds. The van der Waals surface area contributed by atoms with E-state index in [1.165, 1.54) is 18.8 Å². The van der Waals surface area contributed by atoms with Gasteiger partial charge in [-0.25, -0.2) is 0 Å². The van der Waals surface area contributed by atoms with Crippen molar-refractivity contribution in [1.29, 1.82) is 0 Å². The second kappa shape index (κ2) is 12.0. The quantitative estimate of drug-likeness (QED) is 0.571. The summed E-state index contributed by atoms with van der Waals surface area (Å²) in [5, 5.41) is 5.83. The van der Waals surface area contributed by atoms with Crippen molar-refractivity contribution in [3.63, 3.8) is 0 Å². The summed E-state index contributed by atoms with van der Waals surface area (Å²) in [4.78, 5) is 41.2. The standard InChI is InChI=1S/C27H35N3O5/c1-19-11-13-20(14-12-19)25(27(33)29-21-7-3-2-4-8-21)30(18-22-9-5-15-34-22)24(31)17-28-26(32)23-10-6-16-35-23/h6,10-14,16,21-22,25H,2-5,7-9,15,17-18H2,1H3,(H,28,32)(H,29,33)/t22-,25-/m1/s1. The molecule has 1 aromatic carbocycles. The zero-order valence-electron chi connectivity index (χ0n) is 20.3. The molecule has 2 aliphatic rings. The summed E-state index contributed by atoms with van der Waals surface area (Å²) in [5.74, 6) is -0.873. The minimum Gasteiger partial charge on any atom is -0.459 e. The van der Waals surface area contributed by atoms with Gasteiger partial charge >= 0.3 is 0 Å². The Morgan fingerprint density at radius 2 is 1.80 bits per heavy atom. The molecule has 0 spiro atoms. The number of carbonyl (C=O) groups excluding carboxylic acids is 3. The molecule has 8 nitrogen and oxygen atoms in total. The molecule has 2 N–H and O–H groups in total. The maximum Gasteiger partial charge on any atom is 0.287 e. The van der Waals surface area contributed by atoms with E-state index in [-0.39, 0.29) is 42.8 Å². The molecule has 0 bridgehead atoms. The van der Waals surface area contributed by atoms with Gasteiger partial charge < -0.3 is 24.7 Å². The maximum atomic E-state index is 13.7. The third-order valence-corrected chi connectivity index (χ3v) is 6.79. The Morgan fingerprint density at radius 3 is 2.46 bits per heavy atom. The molecule has 4 rings (SSSR count). The van der Waals surface area contributed by atoms with E-state index in [2.05, 4.69) is 10.6 Å². The van der Waals surface area contributed by atoms with Crippen molar-refractivity contribution < 1.29 is 23.5 Å². The van der Waals surface area contributed by atoms with E-state index in [1.807, 2.05) is 31.2 Å². The predicted molar refractivity (Wildman–Crippen MR) is 131 cm³/mol. The van der Waals surface area contributed by atoms with E-state index < -0.39 is 11.9 Å². The highest BCUT2D eigenvalue weighted by atomic mass is 16.5. The van der Waals surface area contributed by atoms with Crippen LogP contribution in [0, 0.1) is 6.92 Å². The zero-order valence-corrected chi connectivity index (χ0v) is 20.3. The van der Waals surface area contributed by atoms with Crippen LogP contribution in [0.3, 0.4) is 0 Å². The first-order valence-corrected chi connectivity index (χ1v) is 12.6. The number of benzene rings is 1. The number of aryl methyl sites for hydroxylation is 1. The van der Waals surface area contributed by atoms with Gasteiger partial charge in [0.15, 0.2) is 5.76 Å². The molecule has 35 heavy (non-hydrogen) atoms. The smallest absolute Gasteiger partial charge is 0.287 e. The summed E-state index contributed by atoms with van der Waals surface area (Å²) in [5.41, 5.74) is 1.82. The number of carbonyl (C=O) groups is 3. The lowest BCUT2D eigenvalue weighted by Gasteiger charge is -2.34. The maximum absolute atomic E-state index is 13.7. The summed E-state index contributed by atoms with van der Waals surface area (Å²) >= 11 is 0. The number of rotatable bonds is 9. The number of hydrogen-bond donors (Lipinski definition) is 2. The molecule has 1 saturated carbocycles. The molecule has 2 fully saturated rings.